The minimum absolute atomic E-state index is 0.0295. The van der Waals surface area contributed by atoms with Crippen LogP contribution in [0.4, 0.5) is 0 Å². The highest BCUT2D eigenvalue weighted by molar-refractivity contribution is 7.91. The van der Waals surface area contributed by atoms with E-state index in [4.69, 9.17) is 0 Å². The Hall–Kier alpha value is -1.25. The molecule has 4 rings (SSSR count). The number of fused-ring (bicyclic) bond motifs is 2. The van der Waals surface area contributed by atoms with Gasteiger partial charge < -0.3 is 0 Å². The van der Waals surface area contributed by atoms with Crippen molar-refractivity contribution in [3.63, 3.8) is 0 Å². The molecular formula is C18H26N4O2S2. The van der Waals surface area contributed by atoms with Gasteiger partial charge >= 0.3 is 0 Å². The third-order valence-corrected chi connectivity index (χ3v) is 9.01. The van der Waals surface area contributed by atoms with Crippen LogP contribution in [0.1, 0.15) is 63.1 Å². The quantitative estimate of drug-likeness (QED) is 0.799. The van der Waals surface area contributed by atoms with Crippen LogP contribution in [-0.4, -0.2) is 39.8 Å². The van der Waals surface area contributed by atoms with E-state index in [0.29, 0.717) is 4.21 Å². The smallest absolute Gasteiger partial charge is 0.249 e. The van der Waals surface area contributed by atoms with Crippen LogP contribution in [0.2, 0.25) is 0 Å². The van der Waals surface area contributed by atoms with Gasteiger partial charge in [0.2, 0.25) is 0 Å². The minimum atomic E-state index is -3.39. The van der Waals surface area contributed by atoms with E-state index in [9.17, 15) is 8.42 Å². The largest absolute Gasteiger partial charge is 0.253 e. The zero-order valence-corrected chi connectivity index (χ0v) is 17.3. The zero-order valence-electron chi connectivity index (χ0n) is 15.7. The van der Waals surface area contributed by atoms with Crippen molar-refractivity contribution >= 4 is 21.4 Å². The molecule has 0 spiro atoms. The number of aryl methyl sites for hydroxylation is 1. The first-order chi connectivity index (χ1) is 12.2. The van der Waals surface area contributed by atoms with Crippen LogP contribution >= 0.6 is 11.3 Å². The molecule has 142 valence electrons. The van der Waals surface area contributed by atoms with Gasteiger partial charge in [0, 0.05) is 28.6 Å². The van der Waals surface area contributed by atoms with Crippen LogP contribution in [0, 0.1) is 6.92 Å². The summed E-state index contributed by atoms with van der Waals surface area (Å²) in [7, 11) is -3.39. The Balaban J connectivity index is 1.57. The van der Waals surface area contributed by atoms with E-state index < -0.39 is 10.0 Å². The minimum Gasteiger partial charge on any atom is -0.249 e. The monoisotopic (exact) mass is 394 g/mol. The van der Waals surface area contributed by atoms with Gasteiger partial charge in [0.05, 0.1) is 11.7 Å². The normalized spacial score (nSPS) is 27.2. The zero-order chi connectivity index (χ0) is 18.7. The van der Waals surface area contributed by atoms with E-state index in [1.54, 1.807) is 10.4 Å². The first-order valence-corrected chi connectivity index (χ1v) is 11.4. The number of hydrogen-bond acceptors (Lipinski definition) is 5. The predicted molar refractivity (Wildman–Crippen MR) is 102 cm³/mol. The van der Waals surface area contributed by atoms with E-state index in [2.05, 4.69) is 31.1 Å². The molecule has 2 saturated heterocycles. The SMILES string of the molecule is Cc1ccc(S(=O)(=O)N2C3CCC2CC(n2cc(C(C)(C)C)nn2)C3)s1. The molecule has 8 heteroatoms. The Morgan fingerprint density at radius 1 is 1.12 bits per heavy atom. The second-order valence-corrected chi connectivity index (χ2v) is 11.9. The summed E-state index contributed by atoms with van der Waals surface area (Å²) >= 11 is 1.37. The van der Waals surface area contributed by atoms with Crippen molar-refractivity contribution in [2.24, 2.45) is 0 Å². The molecule has 2 unspecified atom stereocenters. The number of piperidine rings is 1. The van der Waals surface area contributed by atoms with Gasteiger partial charge in [-0.3, -0.25) is 0 Å². The number of rotatable bonds is 3. The molecule has 2 aromatic rings. The summed E-state index contributed by atoms with van der Waals surface area (Å²) < 4.78 is 30.5. The Kier molecular flexibility index (Phi) is 4.28. The Bertz CT molecular complexity index is 896. The molecule has 0 N–H and O–H groups in total. The second kappa shape index (κ2) is 6.14. The summed E-state index contributed by atoms with van der Waals surface area (Å²) in [5, 5.41) is 8.69. The molecule has 2 aliphatic rings. The standard InChI is InChI=1S/C18H26N4O2S2/c1-12-5-8-17(25-12)26(23,24)22-13-6-7-14(22)10-15(9-13)21-11-16(19-20-21)18(2,3)4/h5,8,11,13-15H,6-7,9-10H2,1-4H3. The molecule has 2 bridgehead atoms. The maximum Gasteiger partial charge on any atom is 0.253 e. The van der Waals surface area contributed by atoms with Crippen molar-refractivity contribution in [3.8, 4) is 0 Å². The van der Waals surface area contributed by atoms with Crippen molar-refractivity contribution in [3.05, 3.63) is 28.9 Å². The van der Waals surface area contributed by atoms with Crippen LogP contribution < -0.4 is 0 Å². The van der Waals surface area contributed by atoms with Gasteiger partial charge in [0.1, 0.15) is 4.21 Å². The lowest BCUT2D eigenvalue weighted by atomic mass is 9.93. The van der Waals surface area contributed by atoms with Crippen LogP contribution in [0.3, 0.4) is 0 Å². The Labute approximate surface area is 159 Å². The summed E-state index contributed by atoms with van der Waals surface area (Å²) in [5.41, 5.74) is 0.951. The predicted octanol–water partition coefficient (Wildman–Crippen LogP) is 3.50. The van der Waals surface area contributed by atoms with Crippen LogP contribution in [0.25, 0.3) is 0 Å². The number of hydrogen-bond donors (Lipinski definition) is 0. The lowest BCUT2D eigenvalue weighted by Crippen LogP contribution is -2.46. The Morgan fingerprint density at radius 3 is 2.27 bits per heavy atom. The third kappa shape index (κ3) is 3.01. The molecule has 2 aliphatic heterocycles. The maximum atomic E-state index is 13.1. The number of aromatic nitrogens is 3. The highest BCUT2D eigenvalue weighted by atomic mass is 32.2. The summed E-state index contributed by atoms with van der Waals surface area (Å²) in [4.78, 5) is 1.03. The first kappa shape index (κ1) is 18.1. The van der Waals surface area contributed by atoms with Crippen molar-refractivity contribution < 1.29 is 8.42 Å². The molecule has 2 aromatic heterocycles. The fourth-order valence-electron chi connectivity index (χ4n) is 4.17. The van der Waals surface area contributed by atoms with Gasteiger partial charge in [-0.15, -0.1) is 16.4 Å². The molecule has 2 fully saturated rings. The van der Waals surface area contributed by atoms with Crippen molar-refractivity contribution in [1.29, 1.82) is 0 Å². The van der Waals surface area contributed by atoms with Gasteiger partial charge in [0.25, 0.3) is 10.0 Å². The average Bonchev–Trinajstić information content (AvgIpc) is 3.25. The van der Waals surface area contributed by atoms with E-state index in [-0.39, 0.29) is 23.5 Å². The number of nitrogens with zero attached hydrogens (tertiary/aromatic N) is 4. The summed E-state index contributed by atoms with van der Waals surface area (Å²) in [6, 6.07) is 3.98. The molecule has 0 aromatic carbocycles. The lowest BCUT2D eigenvalue weighted by molar-refractivity contribution is 0.183. The highest BCUT2D eigenvalue weighted by Gasteiger charge is 2.48. The van der Waals surface area contributed by atoms with E-state index in [1.165, 1.54) is 11.3 Å². The van der Waals surface area contributed by atoms with E-state index >= 15 is 0 Å². The average molecular weight is 395 g/mol. The molecule has 0 amide bonds. The third-order valence-electron chi connectivity index (χ3n) is 5.54. The van der Waals surface area contributed by atoms with E-state index in [1.807, 2.05) is 23.9 Å². The molecule has 4 heterocycles. The van der Waals surface area contributed by atoms with Crippen LogP contribution in [0.5, 0.6) is 0 Å². The maximum absolute atomic E-state index is 13.1. The highest BCUT2D eigenvalue weighted by Crippen LogP contribution is 2.44. The van der Waals surface area contributed by atoms with E-state index in [0.717, 1.165) is 36.3 Å². The molecule has 0 aliphatic carbocycles. The summed E-state index contributed by atoms with van der Waals surface area (Å²) in [5.74, 6) is 0. The summed E-state index contributed by atoms with van der Waals surface area (Å²) in [6.45, 7) is 8.33. The fraction of sp³-hybridized carbons (Fsp3) is 0.667. The first-order valence-electron chi connectivity index (χ1n) is 9.18. The van der Waals surface area contributed by atoms with Crippen LogP contribution in [0.15, 0.2) is 22.5 Å². The summed E-state index contributed by atoms with van der Waals surface area (Å²) in [6.07, 6.45) is 5.54. The van der Waals surface area contributed by atoms with Gasteiger partial charge in [-0.2, -0.15) is 4.31 Å². The van der Waals surface area contributed by atoms with Crippen molar-refractivity contribution in [2.75, 3.05) is 0 Å². The molecule has 6 nitrogen and oxygen atoms in total. The second-order valence-electron chi connectivity index (χ2n) is 8.54. The van der Waals surface area contributed by atoms with Gasteiger partial charge in [0.15, 0.2) is 0 Å². The van der Waals surface area contributed by atoms with Crippen molar-refractivity contribution in [1.82, 2.24) is 19.3 Å². The van der Waals surface area contributed by atoms with Gasteiger partial charge in [-0.1, -0.05) is 26.0 Å². The molecule has 0 saturated carbocycles. The molecule has 2 atom stereocenters. The molecule has 26 heavy (non-hydrogen) atoms. The van der Waals surface area contributed by atoms with Gasteiger partial charge in [-0.25, -0.2) is 13.1 Å². The topological polar surface area (TPSA) is 68.1 Å². The van der Waals surface area contributed by atoms with Gasteiger partial charge in [-0.05, 0) is 44.7 Å². The lowest BCUT2D eigenvalue weighted by Gasteiger charge is -2.37. The fourth-order valence-corrected chi connectivity index (χ4v) is 7.45. The molecular weight excluding hydrogens is 368 g/mol. The van der Waals surface area contributed by atoms with Crippen molar-refractivity contribution in [2.45, 2.75) is 81.1 Å². The molecule has 0 radical (unpaired) electrons. The number of thiophene rings is 1. The number of sulfonamides is 1. The van der Waals surface area contributed by atoms with Crippen LogP contribution in [-0.2, 0) is 15.4 Å². The Morgan fingerprint density at radius 2 is 1.77 bits per heavy atom.